The van der Waals surface area contributed by atoms with E-state index < -0.39 is 15.5 Å². The monoisotopic (exact) mass is 489 g/mol. The molecule has 0 radical (unpaired) electrons. The van der Waals surface area contributed by atoms with Gasteiger partial charge in [-0.3, -0.25) is 4.55 Å². The molecule has 6 heteroatoms. The molecular weight excluding hydrogens is 450 g/mol. The Bertz CT molecular complexity index is 1050. The second-order valence-corrected chi connectivity index (χ2v) is 11.7. The number of fused-ring (bicyclic) bond motifs is 2. The summed E-state index contributed by atoms with van der Waals surface area (Å²) in [5.74, 6) is 0. The zero-order chi connectivity index (χ0) is 24.0. The van der Waals surface area contributed by atoms with Gasteiger partial charge in [-0.05, 0) is 79.8 Å². The molecule has 0 saturated carbocycles. The molecule has 1 aliphatic rings. The van der Waals surface area contributed by atoms with Gasteiger partial charge in [0.05, 0.1) is 11.4 Å². The van der Waals surface area contributed by atoms with Crippen molar-refractivity contribution in [3.63, 3.8) is 0 Å². The summed E-state index contributed by atoms with van der Waals surface area (Å²) in [6.07, 6.45) is 9.84. The summed E-state index contributed by atoms with van der Waals surface area (Å²) < 4.78 is 35.4. The Morgan fingerprint density at radius 2 is 1.48 bits per heavy atom. The first-order chi connectivity index (χ1) is 15.8. The summed E-state index contributed by atoms with van der Waals surface area (Å²) in [4.78, 5) is 4.09. The molecule has 0 bridgehead atoms. The van der Waals surface area contributed by atoms with Crippen LogP contribution in [-0.4, -0.2) is 18.3 Å². The third-order valence-electron chi connectivity index (χ3n) is 6.38. The molecule has 1 aliphatic heterocycles. The Hall–Kier alpha value is -1.50. The fourth-order valence-electron chi connectivity index (χ4n) is 4.60. The van der Waals surface area contributed by atoms with Gasteiger partial charge >= 0.3 is 0 Å². The average Bonchev–Trinajstić information content (AvgIpc) is 2.78. The summed E-state index contributed by atoms with van der Waals surface area (Å²) >= 11 is 1.73. The first-order valence-electron chi connectivity index (χ1n) is 12.6. The largest absolute Gasteiger partial charge is 0.319 e. The molecule has 182 valence electrons. The molecule has 2 aromatic rings. The number of benzene rings is 2. The molecule has 0 aromatic heterocycles. The number of unbranched alkanes of at least 4 members (excludes halogenated alkanes) is 3. The summed E-state index contributed by atoms with van der Waals surface area (Å²) in [5, 5.41) is -1.00. The third kappa shape index (κ3) is 6.14. The van der Waals surface area contributed by atoms with Gasteiger partial charge in [-0.15, -0.1) is 0 Å². The van der Waals surface area contributed by atoms with Crippen molar-refractivity contribution in [2.75, 3.05) is 4.90 Å². The van der Waals surface area contributed by atoms with E-state index >= 15 is 0 Å². The van der Waals surface area contributed by atoms with Crippen LogP contribution in [0, 0.1) is 0 Å². The van der Waals surface area contributed by atoms with Crippen LogP contribution in [0.25, 0.3) is 0 Å². The van der Waals surface area contributed by atoms with Gasteiger partial charge in [0.25, 0.3) is 10.1 Å². The van der Waals surface area contributed by atoms with Gasteiger partial charge in [-0.2, -0.15) is 8.42 Å². The molecule has 0 amide bonds. The molecule has 1 N–H and O–H groups in total. The van der Waals surface area contributed by atoms with Crippen LogP contribution in [0.1, 0.15) is 89.3 Å². The standard InChI is InChI=1S/C27H39NO3S2/c1-5-9-12-20-15-16-24-23(18-20)28(26(8-4)33(29,30)31)27-22(14-11-7-3)17-21(13-10-6-2)19-25(27)32-24/h15-19,26H,5-14H2,1-4H3,(H,29,30,31). The molecular formula is C27H39NO3S2. The lowest BCUT2D eigenvalue weighted by atomic mass is 9.98. The Balaban J connectivity index is 2.22. The molecule has 33 heavy (non-hydrogen) atoms. The number of nitrogens with zero attached hydrogens (tertiary/aromatic N) is 1. The lowest BCUT2D eigenvalue weighted by Gasteiger charge is -2.39. The zero-order valence-corrected chi connectivity index (χ0v) is 22.2. The van der Waals surface area contributed by atoms with E-state index in [9.17, 15) is 13.0 Å². The Morgan fingerprint density at radius 1 is 0.848 bits per heavy atom. The van der Waals surface area contributed by atoms with Gasteiger partial charge in [-0.25, -0.2) is 0 Å². The van der Waals surface area contributed by atoms with E-state index in [-0.39, 0.29) is 0 Å². The van der Waals surface area contributed by atoms with E-state index in [4.69, 9.17) is 0 Å². The van der Waals surface area contributed by atoms with Crippen molar-refractivity contribution >= 4 is 33.3 Å². The molecule has 0 aliphatic carbocycles. The molecule has 0 fully saturated rings. The highest BCUT2D eigenvalue weighted by Gasteiger charge is 2.37. The summed E-state index contributed by atoms with van der Waals surface area (Å²) in [6, 6.07) is 11.0. The van der Waals surface area contributed by atoms with Crippen molar-refractivity contribution in [2.24, 2.45) is 0 Å². The SMILES string of the molecule is CCCCc1cc(CCCC)c2c(c1)Sc1ccc(CCCC)cc1N2C(CC)S(=O)(=O)O. The first-order valence-corrected chi connectivity index (χ1v) is 14.9. The molecule has 0 spiro atoms. The predicted octanol–water partition coefficient (Wildman–Crippen LogP) is 7.94. The lowest BCUT2D eigenvalue weighted by Crippen LogP contribution is -2.39. The van der Waals surface area contributed by atoms with E-state index in [0.717, 1.165) is 79.0 Å². The minimum absolute atomic E-state index is 0.312. The van der Waals surface area contributed by atoms with E-state index in [0.29, 0.717) is 6.42 Å². The van der Waals surface area contributed by atoms with Crippen molar-refractivity contribution in [3.8, 4) is 0 Å². The van der Waals surface area contributed by atoms with Gasteiger partial charge < -0.3 is 4.90 Å². The van der Waals surface area contributed by atoms with Gasteiger partial charge in [0.2, 0.25) is 0 Å². The fourth-order valence-corrected chi connectivity index (χ4v) is 6.68. The van der Waals surface area contributed by atoms with Crippen LogP contribution in [0.4, 0.5) is 11.4 Å². The number of hydrogen-bond acceptors (Lipinski definition) is 4. The zero-order valence-electron chi connectivity index (χ0n) is 20.6. The highest BCUT2D eigenvalue weighted by Crippen LogP contribution is 2.52. The van der Waals surface area contributed by atoms with Crippen molar-refractivity contribution in [1.29, 1.82) is 0 Å². The molecule has 3 rings (SSSR count). The van der Waals surface area contributed by atoms with Crippen LogP contribution in [-0.2, 0) is 29.4 Å². The molecule has 1 unspecified atom stereocenters. The molecule has 2 aromatic carbocycles. The van der Waals surface area contributed by atoms with E-state index in [1.807, 2.05) is 11.8 Å². The van der Waals surface area contributed by atoms with Crippen LogP contribution in [0.5, 0.6) is 0 Å². The molecule has 1 heterocycles. The van der Waals surface area contributed by atoms with E-state index in [2.05, 4.69) is 51.1 Å². The molecule has 0 saturated heterocycles. The smallest absolute Gasteiger partial charge is 0.286 e. The topological polar surface area (TPSA) is 57.6 Å². The van der Waals surface area contributed by atoms with Crippen LogP contribution in [0.15, 0.2) is 40.1 Å². The minimum atomic E-state index is -4.27. The van der Waals surface area contributed by atoms with Crippen molar-refractivity contribution < 1.29 is 13.0 Å². The first kappa shape index (κ1) is 26.1. The van der Waals surface area contributed by atoms with Crippen LogP contribution >= 0.6 is 11.8 Å². The van der Waals surface area contributed by atoms with Gasteiger partial charge in [0.15, 0.2) is 5.37 Å². The Labute approximate surface area is 204 Å². The maximum absolute atomic E-state index is 12.6. The van der Waals surface area contributed by atoms with Gasteiger partial charge in [-0.1, -0.05) is 70.9 Å². The summed E-state index contributed by atoms with van der Waals surface area (Å²) in [6.45, 7) is 8.40. The number of anilines is 2. The fraction of sp³-hybridized carbons (Fsp3) is 0.556. The third-order valence-corrected chi connectivity index (χ3v) is 8.70. The maximum Gasteiger partial charge on any atom is 0.286 e. The molecule has 4 nitrogen and oxygen atoms in total. The second-order valence-electron chi connectivity index (χ2n) is 9.06. The van der Waals surface area contributed by atoms with E-state index in [1.165, 1.54) is 16.7 Å². The lowest BCUT2D eigenvalue weighted by molar-refractivity contribution is 0.464. The highest BCUT2D eigenvalue weighted by molar-refractivity contribution is 7.99. The van der Waals surface area contributed by atoms with Gasteiger partial charge in [0, 0.05) is 9.79 Å². The van der Waals surface area contributed by atoms with E-state index in [1.54, 1.807) is 11.8 Å². The highest BCUT2D eigenvalue weighted by atomic mass is 32.2. The number of aryl methyl sites for hydroxylation is 3. The summed E-state index contributed by atoms with van der Waals surface area (Å²) in [5.41, 5.74) is 5.60. The predicted molar refractivity (Wildman–Crippen MR) is 141 cm³/mol. The number of rotatable bonds is 12. The van der Waals surface area contributed by atoms with Crippen LogP contribution in [0.2, 0.25) is 0 Å². The van der Waals surface area contributed by atoms with Crippen molar-refractivity contribution in [1.82, 2.24) is 0 Å². The van der Waals surface area contributed by atoms with Gasteiger partial charge in [0.1, 0.15) is 0 Å². The normalized spacial score (nSPS) is 14.2. The molecule has 1 atom stereocenters. The van der Waals surface area contributed by atoms with Crippen LogP contribution < -0.4 is 4.90 Å². The number of hydrogen-bond donors (Lipinski definition) is 1. The van der Waals surface area contributed by atoms with Crippen LogP contribution in [0.3, 0.4) is 0 Å². The minimum Gasteiger partial charge on any atom is -0.319 e. The second kappa shape index (κ2) is 11.8. The summed E-state index contributed by atoms with van der Waals surface area (Å²) in [7, 11) is -4.27. The Kier molecular flexibility index (Phi) is 9.31. The average molecular weight is 490 g/mol. The maximum atomic E-state index is 12.6. The van der Waals surface area contributed by atoms with Crippen molar-refractivity contribution in [2.45, 2.75) is 107 Å². The Morgan fingerprint density at radius 3 is 2.09 bits per heavy atom. The quantitative estimate of drug-likeness (QED) is 0.307. The van der Waals surface area contributed by atoms with Crippen molar-refractivity contribution in [3.05, 3.63) is 47.0 Å².